The predicted molar refractivity (Wildman–Crippen MR) is 149 cm³/mol. The van der Waals surface area contributed by atoms with Crippen molar-refractivity contribution in [2.45, 2.75) is 129 Å². The summed E-state index contributed by atoms with van der Waals surface area (Å²) < 4.78 is 17.4. The molecule has 0 aromatic heterocycles. The highest BCUT2D eigenvalue weighted by Crippen LogP contribution is 2.11. The second-order valence-corrected chi connectivity index (χ2v) is 9.64. The van der Waals surface area contributed by atoms with E-state index in [9.17, 15) is 4.79 Å². The van der Waals surface area contributed by atoms with Crippen molar-refractivity contribution in [2.75, 3.05) is 25.2 Å². The number of alkyl halides is 1. The van der Waals surface area contributed by atoms with E-state index in [1.165, 1.54) is 32.1 Å². The molecule has 0 spiro atoms. The van der Waals surface area contributed by atoms with Crippen molar-refractivity contribution < 1.29 is 19.0 Å². The topological polar surface area (TPSA) is 44.8 Å². The first-order chi connectivity index (χ1) is 16.7. The number of carbonyl (C=O) groups is 1. The largest absolute Gasteiger partial charge is 0.466 e. The van der Waals surface area contributed by atoms with Crippen molar-refractivity contribution in [2.24, 2.45) is 0 Å². The van der Waals surface area contributed by atoms with Crippen molar-refractivity contribution in [3.8, 4) is 0 Å². The predicted octanol–water partition coefficient (Wildman–Crippen LogP) is 9.07. The SMILES string of the molecule is CC/C=C\CCCCCOC(CCC(=O)OCCCCCCCBr)OCCCCC/C=C\CC. The van der Waals surface area contributed by atoms with E-state index in [2.05, 4.69) is 54.1 Å². The lowest BCUT2D eigenvalue weighted by Crippen LogP contribution is -2.21. The van der Waals surface area contributed by atoms with Crippen LogP contribution in [0.15, 0.2) is 24.3 Å². The molecule has 0 aromatic carbocycles. The van der Waals surface area contributed by atoms with Crippen LogP contribution in [-0.2, 0) is 19.0 Å². The van der Waals surface area contributed by atoms with E-state index in [1.807, 2.05) is 0 Å². The molecule has 0 radical (unpaired) electrons. The zero-order valence-corrected chi connectivity index (χ0v) is 23.8. The van der Waals surface area contributed by atoms with Gasteiger partial charge in [-0.3, -0.25) is 4.79 Å². The summed E-state index contributed by atoms with van der Waals surface area (Å²) in [5.41, 5.74) is 0. The standard InChI is InChI=1S/C29H53BrO4/c1-3-5-7-9-11-15-20-26-33-29(34-27-21-16-12-10-8-6-4-2)23-22-28(31)32-25-19-17-13-14-18-24-30/h5-8,29H,3-4,9-27H2,1-2H3/b7-5-,8-6-. The molecule has 200 valence electrons. The van der Waals surface area contributed by atoms with Crippen LogP contribution in [0.5, 0.6) is 0 Å². The van der Waals surface area contributed by atoms with Gasteiger partial charge in [0.25, 0.3) is 0 Å². The van der Waals surface area contributed by atoms with Gasteiger partial charge >= 0.3 is 5.97 Å². The third-order valence-electron chi connectivity index (χ3n) is 5.57. The van der Waals surface area contributed by atoms with Crippen LogP contribution < -0.4 is 0 Å². The van der Waals surface area contributed by atoms with Crippen LogP contribution in [0.2, 0.25) is 0 Å². The summed E-state index contributed by atoms with van der Waals surface area (Å²) in [6.07, 6.45) is 26.6. The Morgan fingerprint density at radius 3 is 1.74 bits per heavy atom. The van der Waals surface area contributed by atoms with Gasteiger partial charge in [0.2, 0.25) is 0 Å². The van der Waals surface area contributed by atoms with Gasteiger partial charge in [-0.05, 0) is 64.2 Å². The van der Waals surface area contributed by atoms with E-state index in [4.69, 9.17) is 14.2 Å². The van der Waals surface area contributed by atoms with Crippen LogP contribution in [0.1, 0.15) is 123 Å². The van der Waals surface area contributed by atoms with Crippen LogP contribution in [0.25, 0.3) is 0 Å². The van der Waals surface area contributed by atoms with Gasteiger partial charge in [-0.15, -0.1) is 0 Å². The minimum atomic E-state index is -0.309. The Balaban J connectivity index is 4.07. The van der Waals surface area contributed by atoms with E-state index in [-0.39, 0.29) is 12.3 Å². The summed E-state index contributed by atoms with van der Waals surface area (Å²) in [5, 5.41) is 1.07. The first-order valence-corrected chi connectivity index (χ1v) is 15.1. The molecule has 0 atom stereocenters. The molecule has 0 unspecified atom stereocenters. The van der Waals surface area contributed by atoms with Gasteiger partial charge in [0, 0.05) is 25.0 Å². The maximum Gasteiger partial charge on any atom is 0.305 e. The lowest BCUT2D eigenvalue weighted by molar-refractivity contribution is -0.159. The van der Waals surface area contributed by atoms with Gasteiger partial charge in [-0.25, -0.2) is 0 Å². The Morgan fingerprint density at radius 1 is 0.676 bits per heavy atom. The van der Waals surface area contributed by atoms with Crippen molar-refractivity contribution in [3.63, 3.8) is 0 Å². The zero-order chi connectivity index (χ0) is 25.0. The number of ether oxygens (including phenoxy) is 3. The van der Waals surface area contributed by atoms with Gasteiger partial charge in [-0.2, -0.15) is 0 Å². The van der Waals surface area contributed by atoms with Gasteiger partial charge < -0.3 is 14.2 Å². The smallest absolute Gasteiger partial charge is 0.305 e. The molecule has 0 fully saturated rings. The summed E-state index contributed by atoms with van der Waals surface area (Å²) in [7, 11) is 0. The van der Waals surface area contributed by atoms with E-state index in [0.29, 0.717) is 32.7 Å². The molecule has 0 aliphatic heterocycles. The fraction of sp³-hybridized carbons (Fsp3) is 0.828. The Kier molecular flexibility index (Phi) is 28.0. The lowest BCUT2D eigenvalue weighted by atomic mass is 10.2. The highest BCUT2D eigenvalue weighted by Gasteiger charge is 2.13. The maximum atomic E-state index is 12.1. The molecule has 0 aromatic rings. The molecule has 34 heavy (non-hydrogen) atoms. The molecule has 0 rings (SSSR count). The molecule has 0 heterocycles. The Labute approximate surface area is 219 Å². The molecule has 0 saturated heterocycles. The number of unbranched alkanes of at least 4 members (excludes halogenated alkanes) is 10. The van der Waals surface area contributed by atoms with Gasteiger partial charge in [0.05, 0.1) is 13.0 Å². The fourth-order valence-electron chi connectivity index (χ4n) is 3.52. The molecular formula is C29H53BrO4. The monoisotopic (exact) mass is 544 g/mol. The Morgan fingerprint density at radius 2 is 1.18 bits per heavy atom. The molecule has 0 amide bonds. The number of halogens is 1. The first-order valence-electron chi connectivity index (χ1n) is 14.0. The van der Waals surface area contributed by atoms with Crippen LogP contribution in [-0.4, -0.2) is 37.4 Å². The lowest BCUT2D eigenvalue weighted by Gasteiger charge is -2.18. The molecule has 0 bridgehead atoms. The number of allylic oxidation sites excluding steroid dienone is 4. The second-order valence-electron chi connectivity index (χ2n) is 8.85. The zero-order valence-electron chi connectivity index (χ0n) is 22.2. The van der Waals surface area contributed by atoms with E-state index < -0.39 is 0 Å². The summed E-state index contributed by atoms with van der Waals surface area (Å²) in [6.45, 7) is 6.23. The van der Waals surface area contributed by atoms with E-state index in [1.54, 1.807) is 0 Å². The molecule has 4 nitrogen and oxygen atoms in total. The van der Waals surface area contributed by atoms with Gasteiger partial charge in [-0.1, -0.05) is 86.2 Å². The number of hydrogen-bond acceptors (Lipinski definition) is 4. The minimum Gasteiger partial charge on any atom is -0.466 e. The van der Waals surface area contributed by atoms with Crippen molar-refractivity contribution >= 4 is 21.9 Å². The van der Waals surface area contributed by atoms with E-state index in [0.717, 1.165) is 69.5 Å². The minimum absolute atomic E-state index is 0.136. The molecule has 0 N–H and O–H groups in total. The van der Waals surface area contributed by atoms with Gasteiger partial charge in [0.1, 0.15) is 0 Å². The van der Waals surface area contributed by atoms with Gasteiger partial charge in [0.15, 0.2) is 6.29 Å². The highest BCUT2D eigenvalue weighted by atomic mass is 79.9. The Hall–Kier alpha value is -0.650. The Bertz CT molecular complexity index is 453. The molecule has 0 saturated carbocycles. The second kappa shape index (κ2) is 28.6. The number of hydrogen-bond donors (Lipinski definition) is 0. The summed E-state index contributed by atoms with van der Waals surface area (Å²) >= 11 is 3.45. The average Bonchev–Trinajstić information content (AvgIpc) is 2.84. The van der Waals surface area contributed by atoms with Crippen molar-refractivity contribution in [1.82, 2.24) is 0 Å². The first kappa shape index (κ1) is 33.4. The normalized spacial score (nSPS) is 11.9. The number of carbonyl (C=O) groups excluding carboxylic acids is 1. The maximum absolute atomic E-state index is 12.1. The van der Waals surface area contributed by atoms with Crippen molar-refractivity contribution in [3.05, 3.63) is 24.3 Å². The molecule has 0 aliphatic rings. The third kappa shape index (κ3) is 26.0. The van der Waals surface area contributed by atoms with Crippen LogP contribution in [0.3, 0.4) is 0 Å². The van der Waals surface area contributed by atoms with Crippen LogP contribution in [0, 0.1) is 0 Å². The van der Waals surface area contributed by atoms with Crippen LogP contribution in [0.4, 0.5) is 0 Å². The fourth-order valence-corrected chi connectivity index (χ4v) is 3.91. The highest BCUT2D eigenvalue weighted by molar-refractivity contribution is 9.09. The quantitative estimate of drug-likeness (QED) is 0.0358. The van der Waals surface area contributed by atoms with E-state index >= 15 is 0 Å². The number of esters is 1. The summed E-state index contributed by atoms with van der Waals surface area (Å²) in [5.74, 6) is -0.136. The molecular weight excluding hydrogens is 492 g/mol. The average molecular weight is 546 g/mol. The van der Waals surface area contributed by atoms with Crippen LogP contribution >= 0.6 is 15.9 Å². The third-order valence-corrected chi connectivity index (χ3v) is 6.13. The summed E-state index contributed by atoms with van der Waals surface area (Å²) in [6, 6.07) is 0. The molecule has 5 heteroatoms. The molecule has 0 aliphatic carbocycles. The van der Waals surface area contributed by atoms with Crippen molar-refractivity contribution in [1.29, 1.82) is 0 Å². The summed E-state index contributed by atoms with van der Waals surface area (Å²) in [4.78, 5) is 12.1. The number of rotatable bonds is 26.